The molecule has 0 bridgehead atoms. The molecule has 32 heavy (non-hydrogen) atoms. The summed E-state index contributed by atoms with van der Waals surface area (Å²) in [4.78, 5) is 20.4. The molecule has 1 saturated heterocycles. The van der Waals surface area contributed by atoms with E-state index in [1.54, 1.807) is 20.8 Å². The monoisotopic (exact) mass is 468 g/mol. The molecule has 2 heterocycles. The zero-order chi connectivity index (χ0) is 23.7. The number of carbonyl (C=O) groups excluding carboxylic acids is 1. The van der Waals surface area contributed by atoms with Crippen molar-refractivity contribution in [3.8, 4) is 23.1 Å². The predicted molar refractivity (Wildman–Crippen MR) is 109 cm³/mol. The van der Waals surface area contributed by atoms with Crippen LogP contribution in [0.2, 0.25) is 5.28 Å². The van der Waals surface area contributed by atoms with Gasteiger partial charge in [0.2, 0.25) is 5.28 Å². The number of benzene rings is 1. The molecule has 1 fully saturated rings. The van der Waals surface area contributed by atoms with E-state index < -0.39 is 36.1 Å². The largest absolute Gasteiger partial charge is 0.483 e. The molecule has 0 N–H and O–H groups in total. The lowest BCUT2D eigenvalue weighted by molar-refractivity contribution is -0.137. The Bertz CT molecular complexity index is 1070. The minimum Gasteiger partial charge on any atom is -0.483 e. The summed E-state index contributed by atoms with van der Waals surface area (Å²) in [7, 11) is 0. The number of aromatic nitrogens is 2. The molecule has 1 aromatic carbocycles. The van der Waals surface area contributed by atoms with Gasteiger partial charge in [-0.05, 0) is 50.6 Å². The van der Waals surface area contributed by atoms with Crippen LogP contribution >= 0.6 is 11.6 Å². The molecule has 11 heteroatoms. The van der Waals surface area contributed by atoms with Gasteiger partial charge in [-0.1, -0.05) is 0 Å². The Morgan fingerprint density at radius 2 is 2.09 bits per heavy atom. The highest BCUT2D eigenvalue weighted by molar-refractivity contribution is 6.28. The Labute approximate surface area is 187 Å². The number of nitriles is 1. The van der Waals surface area contributed by atoms with E-state index >= 15 is 0 Å². The number of likely N-dealkylation sites (tertiary alicyclic amines) is 1. The lowest BCUT2D eigenvalue weighted by Gasteiger charge is -2.38. The van der Waals surface area contributed by atoms with Gasteiger partial charge >= 0.3 is 12.0 Å². The number of alkyl halides is 2. The first kappa shape index (κ1) is 23.6. The summed E-state index contributed by atoms with van der Waals surface area (Å²) in [5.74, 6) is -4.23. The highest BCUT2D eigenvalue weighted by Crippen LogP contribution is 2.34. The maximum Gasteiger partial charge on any atom is 0.410 e. The van der Waals surface area contributed by atoms with Crippen molar-refractivity contribution in [1.29, 1.82) is 5.26 Å². The average molecular weight is 469 g/mol. The van der Waals surface area contributed by atoms with Gasteiger partial charge in [0, 0.05) is 18.5 Å². The van der Waals surface area contributed by atoms with E-state index in [2.05, 4.69) is 9.97 Å². The van der Waals surface area contributed by atoms with Crippen molar-refractivity contribution in [2.75, 3.05) is 13.1 Å². The fraction of sp³-hybridized carbons (Fsp3) is 0.429. The van der Waals surface area contributed by atoms with Crippen LogP contribution in [0.5, 0.6) is 5.75 Å². The number of piperidine rings is 1. The molecule has 1 aliphatic rings. The van der Waals surface area contributed by atoms with Crippen LogP contribution in [0.15, 0.2) is 24.4 Å². The van der Waals surface area contributed by atoms with Crippen LogP contribution in [0.25, 0.3) is 11.3 Å². The quantitative estimate of drug-likeness (QED) is 0.599. The van der Waals surface area contributed by atoms with Gasteiger partial charge < -0.3 is 14.4 Å². The van der Waals surface area contributed by atoms with Crippen molar-refractivity contribution in [3.05, 3.63) is 41.1 Å². The highest BCUT2D eigenvalue weighted by Gasteiger charge is 2.48. The van der Waals surface area contributed by atoms with Crippen LogP contribution < -0.4 is 4.74 Å². The SMILES string of the molecule is CC(C)(C)OC(=O)N1CCC(Oc2ccc(-c3nc(Cl)ncc3F)cc2C#N)C(F)(F)C1. The predicted octanol–water partition coefficient (Wildman–Crippen LogP) is 4.83. The third kappa shape index (κ3) is 5.40. The Hall–Kier alpha value is -3.06. The van der Waals surface area contributed by atoms with Gasteiger partial charge in [-0.2, -0.15) is 5.26 Å². The van der Waals surface area contributed by atoms with Crippen molar-refractivity contribution in [2.45, 2.75) is 44.8 Å². The minimum atomic E-state index is -3.38. The molecule has 0 spiro atoms. The summed E-state index contributed by atoms with van der Waals surface area (Å²) in [6.45, 7) is 4.06. The molecule has 1 atom stereocenters. The topological polar surface area (TPSA) is 88.3 Å². The van der Waals surface area contributed by atoms with Crippen LogP contribution in [0, 0.1) is 17.1 Å². The normalized spacial score (nSPS) is 18.1. The van der Waals surface area contributed by atoms with E-state index in [4.69, 9.17) is 21.1 Å². The molecular formula is C21H20ClF3N4O3. The zero-order valence-electron chi connectivity index (χ0n) is 17.5. The van der Waals surface area contributed by atoms with Gasteiger partial charge in [0.1, 0.15) is 23.1 Å². The first-order chi connectivity index (χ1) is 14.9. The summed E-state index contributed by atoms with van der Waals surface area (Å²) in [6.07, 6.45) is -1.68. The molecule has 7 nitrogen and oxygen atoms in total. The van der Waals surface area contributed by atoms with E-state index in [0.717, 1.165) is 11.1 Å². The van der Waals surface area contributed by atoms with Gasteiger partial charge in [-0.15, -0.1) is 0 Å². The smallest absolute Gasteiger partial charge is 0.410 e. The molecule has 1 aliphatic heterocycles. The van der Waals surface area contributed by atoms with Crippen LogP contribution in [0.4, 0.5) is 18.0 Å². The Balaban J connectivity index is 1.78. The van der Waals surface area contributed by atoms with Crippen molar-refractivity contribution < 1.29 is 27.4 Å². The maximum atomic E-state index is 14.7. The summed E-state index contributed by atoms with van der Waals surface area (Å²) in [6, 6.07) is 5.80. The number of amides is 1. The van der Waals surface area contributed by atoms with E-state index in [1.807, 2.05) is 6.07 Å². The molecule has 0 aliphatic carbocycles. The standard InChI is InChI=1S/C21H20ClF3N4O3/c1-20(2,3)32-19(30)29-7-6-16(21(24,25)11-29)31-15-5-4-12(8-13(15)9-26)17-14(23)10-27-18(22)28-17/h4-5,8,10,16H,6-7,11H2,1-3H3. The van der Waals surface area contributed by atoms with E-state index in [9.17, 15) is 23.2 Å². The van der Waals surface area contributed by atoms with Gasteiger partial charge in [-0.25, -0.2) is 27.9 Å². The van der Waals surface area contributed by atoms with Gasteiger partial charge in [-0.3, -0.25) is 0 Å². The van der Waals surface area contributed by atoms with Crippen molar-refractivity contribution in [3.63, 3.8) is 0 Å². The Kier molecular flexibility index (Phi) is 6.51. The summed E-state index contributed by atoms with van der Waals surface area (Å²) < 4.78 is 54.1. The number of halogens is 4. The fourth-order valence-electron chi connectivity index (χ4n) is 3.12. The minimum absolute atomic E-state index is 0.000212. The van der Waals surface area contributed by atoms with Crippen LogP contribution in [-0.2, 0) is 4.74 Å². The second kappa shape index (κ2) is 8.82. The molecular weight excluding hydrogens is 449 g/mol. The first-order valence-corrected chi connectivity index (χ1v) is 10.0. The third-order valence-corrected chi connectivity index (χ3v) is 4.73. The lowest BCUT2D eigenvalue weighted by atomic mass is 10.0. The Morgan fingerprint density at radius 3 is 2.72 bits per heavy atom. The second-order valence-corrected chi connectivity index (χ2v) is 8.55. The number of carbonyl (C=O) groups is 1. The fourth-order valence-corrected chi connectivity index (χ4v) is 3.25. The lowest BCUT2D eigenvalue weighted by Crippen LogP contribution is -2.56. The van der Waals surface area contributed by atoms with Crippen molar-refractivity contribution >= 4 is 17.7 Å². The number of ether oxygens (including phenoxy) is 2. The number of nitrogens with zero attached hydrogens (tertiary/aromatic N) is 4. The molecule has 3 rings (SSSR count). The van der Waals surface area contributed by atoms with E-state index in [0.29, 0.717) is 0 Å². The van der Waals surface area contributed by atoms with Crippen LogP contribution in [0.3, 0.4) is 0 Å². The summed E-state index contributed by atoms with van der Waals surface area (Å²) in [5, 5.41) is 9.27. The zero-order valence-corrected chi connectivity index (χ0v) is 18.3. The van der Waals surface area contributed by atoms with Crippen molar-refractivity contribution in [1.82, 2.24) is 14.9 Å². The Morgan fingerprint density at radius 1 is 1.38 bits per heavy atom. The van der Waals surface area contributed by atoms with Crippen LogP contribution in [0.1, 0.15) is 32.8 Å². The molecule has 0 saturated carbocycles. The summed E-state index contributed by atoms with van der Waals surface area (Å²) >= 11 is 5.70. The first-order valence-electron chi connectivity index (χ1n) is 9.64. The second-order valence-electron chi connectivity index (χ2n) is 8.22. The van der Waals surface area contributed by atoms with Crippen LogP contribution in [-0.4, -0.2) is 51.7 Å². The van der Waals surface area contributed by atoms with Gasteiger partial charge in [0.15, 0.2) is 11.9 Å². The number of hydrogen-bond donors (Lipinski definition) is 0. The van der Waals surface area contributed by atoms with E-state index in [1.165, 1.54) is 18.2 Å². The third-order valence-electron chi connectivity index (χ3n) is 4.54. The van der Waals surface area contributed by atoms with Gasteiger partial charge in [0.05, 0.1) is 18.3 Å². The van der Waals surface area contributed by atoms with Gasteiger partial charge in [0.25, 0.3) is 0 Å². The summed E-state index contributed by atoms with van der Waals surface area (Å²) in [5.41, 5.74) is -0.815. The van der Waals surface area contributed by atoms with Crippen molar-refractivity contribution in [2.24, 2.45) is 0 Å². The molecule has 0 radical (unpaired) electrons. The van der Waals surface area contributed by atoms with E-state index in [-0.39, 0.29) is 40.8 Å². The number of hydrogen-bond acceptors (Lipinski definition) is 6. The average Bonchev–Trinajstić information content (AvgIpc) is 2.70. The number of rotatable bonds is 3. The molecule has 170 valence electrons. The molecule has 2 aromatic rings. The molecule has 1 unspecified atom stereocenters. The molecule has 1 aromatic heterocycles. The highest BCUT2D eigenvalue weighted by atomic mass is 35.5. The molecule has 1 amide bonds. The maximum absolute atomic E-state index is 14.7.